The van der Waals surface area contributed by atoms with Crippen LogP contribution in [-0.2, 0) is 6.42 Å². The van der Waals surface area contributed by atoms with Gasteiger partial charge in [0.15, 0.2) is 5.78 Å². The molecule has 178 valence electrons. The number of fused-ring (bicyclic) bond motifs is 1. The first-order valence-corrected chi connectivity index (χ1v) is 12.0. The lowest BCUT2D eigenvalue weighted by molar-refractivity contribution is -0.897. The number of aryl methyl sites for hydroxylation is 1. The summed E-state index contributed by atoms with van der Waals surface area (Å²) in [5, 5.41) is 8.34. The Kier molecular flexibility index (Phi) is 5.89. The number of rotatable bonds is 5. The van der Waals surface area contributed by atoms with Gasteiger partial charge >= 0.3 is 0 Å². The van der Waals surface area contributed by atoms with Crippen molar-refractivity contribution in [1.29, 1.82) is 0 Å². The number of Topliss-reactive ketones (excluding diaryl/α,β-unsaturated/α-hetero) is 1. The van der Waals surface area contributed by atoms with E-state index in [1.165, 1.54) is 0 Å². The minimum atomic E-state index is -0.445. The normalized spacial score (nSPS) is 22.7. The highest BCUT2D eigenvalue weighted by atomic mass is 16.1. The van der Waals surface area contributed by atoms with Gasteiger partial charge in [-0.2, -0.15) is 5.10 Å². The van der Waals surface area contributed by atoms with Crippen LogP contribution in [0.4, 0.5) is 5.69 Å². The maximum absolute atomic E-state index is 12.8. The third-order valence-corrected chi connectivity index (χ3v) is 7.38. The molecule has 7 nitrogen and oxygen atoms in total. The van der Waals surface area contributed by atoms with Crippen LogP contribution in [0.25, 0.3) is 5.69 Å². The molecule has 1 aromatic carbocycles. The number of quaternary nitrogens is 1. The first-order valence-electron chi connectivity index (χ1n) is 12.0. The highest BCUT2D eigenvalue weighted by molar-refractivity contribution is 6.00. The Balaban J connectivity index is 1.66. The molecule has 0 spiro atoms. The zero-order valence-electron chi connectivity index (χ0n) is 20.9. The molecule has 33 heavy (non-hydrogen) atoms. The number of nitrogens with zero attached hydrogens (tertiary/aromatic N) is 3. The first kappa shape index (κ1) is 23.5. The molecule has 3 N–H and O–H groups in total. The van der Waals surface area contributed by atoms with Crippen LogP contribution in [0.5, 0.6) is 0 Å². The highest BCUT2D eigenvalue weighted by Crippen LogP contribution is 2.37. The van der Waals surface area contributed by atoms with Crippen molar-refractivity contribution in [2.24, 2.45) is 11.1 Å². The highest BCUT2D eigenvalue weighted by Gasteiger charge is 2.36. The number of anilines is 1. The molecule has 0 unspecified atom stereocenters. The maximum Gasteiger partial charge on any atom is 0.250 e. The summed E-state index contributed by atoms with van der Waals surface area (Å²) >= 11 is 0. The van der Waals surface area contributed by atoms with Crippen molar-refractivity contribution in [1.82, 2.24) is 9.78 Å². The van der Waals surface area contributed by atoms with Crippen molar-refractivity contribution >= 4 is 17.4 Å². The molecule has 0 bridgehead atoms. The second kappa shape index (κ2) is 8.28. The van der Waals surface area contributed by atoms with Crippen LogP contribution in [-0.4, -0.2) is 59.2 Å². The van der Waals surface area contributed by atoms with Crippen molar-refractivity contribution in [3.05, 3.63) is 40.7 Å². The van der Waals surface area contributed by atoms with Gasteiger partial charge in [0.05, 0.1) is 55.4 Å². The molecule has 1 aromatic heterocycles. The van der Waals surface area contributed by atoms with Crippen LogP contribution in [0.3, 0.4) is 0 Å². The van der Waals surface area contributed by atoms with Gasteiger partial charge in [0.2, 0.25) is 0 Å². The molecule has 1 saturated carbocycles. The zero-order valence-corrected chi connectivity index (χ0v) is 20.9. The average Bonchev–Trinajstić information content (AvgIpc) is 3.02. The molecule has 1 heterocycles. The number of amides is 1. The van der Waals surface area contributed by atoms with Gasteiger partial charge < -0.3 is 15.5 Å². The average molecular weight is 453 g/mol. The number of carbonyl (C=O) groups is 2. The molecule has 0 aliphatic heterocycles. The van der Waals surface area contributed by atoms with Gasteiger partial charge in [-0.25, -0.2) is 4.68 Å². The fourth-order valence-corrected chi connectivity index (χ4v) is 5.57. The predicted octanol–water partition coefficient (Wildman–Crippen LogP) is 3.86. The zero-order chi connectivity index (χ0) is 24.1. The Morgan fingerprint density at radius 1 is 1.15 bits per heavy atom. The van der Waals surface area contributed by atoms with Gasteiger partial charge in [-0.05, 0) is 49.8 Å². The van der Waals surface area contributed by atoms with Crippen LogP contribution in [0.1, 0.15) is 78.1 Å². The monoisotopic (exact) mass is 452 g/mol. The third kappa shape index (κ3) is 4.69. The molecular weight excluding hydrogens is 414 g/mol. The number of nitrogens with one attached hydrogen (secondary N) is 1. The van der Waals surface area contributed by atoms with E-state index in [2.05, 4.69) is 40.3 Å². The summed E-state index contributed by atoms with van der Waals surface area (Å²) in [5.74, 6) is -0.287. The molecule has 4 rings (SSSR count). The topological polar surface area (TPSA) is 90.0 Å². The summed E-state index contributed by atoms with van der Waals surface area (Å²) < 4.78 is 2.86. The molecule has 0 saturated heterocycles. The minimum absolute atomic E-state index is 0.104. The summed E-state index contributed by atoms with van der Waals surface area (Å²) in [6.07, 6.45) is 5.73. The largest absolute Gasteiger partial charge is 0.382 e. The lowest BCUT2D eigenvalue weighted by Gasteiger charge is -2.39. The summed E-state index contributed by atoms with van der Waals surface area (Å²) in [7, 11) is 6.77. The SMILES string of the molecule is Cc1nn(-c2ccc(C(N)=O)c(N[C@H]3CC[C@H]([N+](C)(C)C)CC3)c2)c2c1C(=O)CC(C)(C)C2. The second-order valence-electron chi connectivity index (χ2n) is 11.6. The van der Waals surface area contributed by atoms with E-state index in [1.807, 2.05) is 23.7 Å². The Morgan fingerprint density at radius 3 is 2.42 bits per heavy atom. The van der Waals surface area contributed by atoms with E-state index in [0.29, 0.717) is 24.1 Å². The standard InChI is InChI=1S/C26H37N5O2/c1-16-24-22(14-26(2,3)15-23(24)32)30(29-16)18-9-12-20(25(27)33)21(13-18)28-17-7-10-19(11-8-17)31(4,5)6/h9,12-13,17,19H,7-8,10-11,14-15H2,1-6H3,(H2-,27,28,33)/p+1/t17-,19-. The maximum atomic E-state index is 12.8. The van der Waals surface area contributed by atoms with Crippen LogP contribution < -0.4 is 11.1 Å². The number of ketones is 1. The first-order chi connectivity index (χ1) is 15.4. The number of nitrogens with two attached hydrogens (primary N) is 1. The second-order valence-corrected chi connectivity index (χ2v) is 11.6. The number of benzene rings is 1. The van der Waals surface area contributed by atoms with Crippen LogP contribution >= 0.6 is 0 Å². The molecule has 1 fully saturated rings. The quantitative estimate of drug-likeness (QED) is 0.674. The fourth-order valence-electron chi connectivity index (χ4n) is 5.57. The minimum Gasteiger partial charge on any atom is -0.382 e. The van der Waals surface area contributed by atoms with E-state index in [1.54, 1.807) is 6.07 Å². The van der Waals surface area contributed by atoms with Crippen molar-refractivity contribution < 1.29 is 14.1 Å². The molecule has 1 amide bonds. The Labute approximate surface area is 196 Å². The fraction of sp³-hybridized carbons (Fsp3) is 0.577. The molecule has 2 aliphatic rings. The Hall–Kier alpha value is -2.67. The predicted molar refractivity (Wildman–Crippen MR) is 131 cm³/mol. The van der Waals surface area contributed by atoms with E-state index in [0.717, 1.165) is 64.9 Å². The molecule has 7 heteroatoms. The van der Waals surface area contributed by atoms with Gasteiger partial charge in [0, 0.05) is 31.0 Å². The lowest BCUT2D eigenvalue weighted by Crippen LogP contribution is -2.48. The summed E-state index contributed by atoms with van der Waals surface area (Å²) in [4.78, 5) is 25.0. The van der Waals surface area contributed by atoms with Gasteiger partial charge in [-0.1, -0.05) is 13.8 Å². The van der Waals surface area contributed by atoms with Gasteiger partial charge in [0.1, 0.15) is 0 Å². The summed E-state index contributed by atoms with van der Waals surface area (Å²) in [6.45, 7) is 6.14. The van der Waals surface area contributed by atoms with E-state index in [-0.39, 0.29) is 11.2 Å². The van der Waals surface area contributed by atoms with Gasteiger partial charge in [0.25, 0.3) is 5.91 Å². The Bertz CT molecular complexity index is 1080. The summed E-state index contributed by atoms with van der Waals surface area (Å²) in [6, 6.07) is 6.57. The van der Waals surface area contributed by atoms with E-state index in [9.17, 15) is 9.59 Å². The summed E-state index contributed by atoms with van der Waals surface area (Å²) in [5.41, 5.74) is 10.1. The number of carbonyl (C=O) groups excluding carboxylic acids is 2. The van der Waals surface area contributed by atoms with Crippen LogP contribution in [0, 0.1) is 12.3 Å². The lowest BCUT2D eigenvalue weighted by atomic mass is 9.75. The van der Waals surface area contributed by atoms with E-state index in [4.69, 9.17) is 10.8 Å². The van der Waals surface area contributed by atoms with Crippen LogP contribution in [0.15, 0.2) is 18.2 Å². The van der Waals surface area contributed by atoms with Gasteiger partial charge in [-0.15, -0.1) is 0 Å². The van der Waals surface area contributed by atoms with Crippen LogP contribution in [0.2, 0.25) is 0 Å². The van der Waals surface area contributed by atoms with Gasteiger partial charge in [-0.3, -0.25) is 9.59 Å². The molecule has 2 aromatic rings. The van der Waals surface area contributed by atoms with Crippen molar-refractivity contribution in [3.63, 3.8) is 0 Å². The molecule has 0 radical (unpaired) electrons. The Morgan fingerprint density at radius 2 is 1.82 bits per heavy atom. The number of hydrogen-bond donors (Lipinski definition) is 2. The smallest absolute Gasteiger partial charge is 0.250 e. The van der Waals surface area contributed by atoms with Crippen molar-refractivity contribution in [2.75, 3.05) is 26.5 Å². The molecular formula is C26H38N5O2+. The van der Waals surface area contributed by atoms with E-state index < -0.39 is 5.91 Å². The molecule has 2 aliphatic carbocycles. The van der Waals surface area contributed by atoms with Crippen molar-refractivity contribution in [2.45, 2.75) is 71.4 Å². The third-order valence-electron chi connectivity index (χ3n) is 7.38. The molecule has 0 atom stereocenters. The number of hydrogen-bond acceptors (Lipinski definition) is 4. The number of aromatic nitrogens is 2. The number of primary amides is 1. The van der Waals surface area contributed by atoms with Crippen molar-refractivity contribution in [3.8, 4) is 5.69 Å². The van der Waals surface area contributed by atoms with E-state index >= 15 is 0 Å².